The number of rotatable bonds is 4. The zero-order valence-corrected chi connectivity index (χ0v) is 15.4. The van der Waals surface area contributed by atoms with Crippen LogP contribution in [0.5, 0.6) is 17.2 Å². The van der Waals surface area contributed by atoms with Crippen LogP contribution >= 0.6 is 23.2 Å². The van der Waals surface area contributed by atoms with Crippen molar-refractivity contribution >= 4 is 38.9 Å². The second kappa shape index (κ2) is 6.92. The molecule has 1 saturated heterocycles. The number of nitrogen functional groups attached to an aromatic ring is 1. The lowest BCUT2D eigenvalue weighted by molar-refractivity contribution is 0.436. The van der Waals surface area contributed by atoms with Crippen LogP contribution in [0.25, 0.3) is 0 Å². The molecule has 3 N–H and O–H groups in total. The first-order chi connectivity index (χ1) is 11.8. The maximum absolute atomic E-state index is 12.7. The summed E-state index contributed by atoms with van der Waals surface area (Å²) in [4.78, 5) is -0.213. The van der Waals surface area contributed by atoms with E-state index in [1.165, 1.54) is 34.6 Å². The minimum atomic E-state index is -3.79. The lowest BCUT2D eigenvalue weighted by Crippen LogP contribution is -2.27. The first-order valence-corrected chi connectivity index (χ1v) is 9.74. The van der Waals surface area contributed by atoms with E-state index >= 15 is 0 Å². The number of phenolic OH excluding ortho intramolecular Hbond substituents is 1. The van der Waals surface area contributed by atoms with Gasteiger partial charge in [0.05, 0.1) is 10.0 Å². The molecule has 1 fully saturated rings. The van der Waals surface area contributed by atoms with Crippen LogP contribution in [0.2, 0.25) is 10.0 Å². The molecule has 0 bridgehead atoms. The number of ether oxygens (including phenoxy) is 1. The van der Waals surface area contributed by atoms with E-state index in [4.69, 9.17) is 33.7 Å². The molecule has 1 heterocycles. The Morgan fingerprint density at radius 3 is 2.28 bits per heavy atom. The summed E-state index contributed by atoms with van der Waals surface area (Å²) in [7, 11) is -3.79. The van der Waals surface area contributed by atoms with E-state index in [0.29, 0.717) is 18.8 Å². The Morgan fingerprint density at radius 2 is 1.68 bits per heavy atom. The van der Waals surface area contributed by atoms with Gasteiger partial charge in [0.2, 0.25) is 10.0 Å². The summed E-state index contributed by atoms with van der Waals surface area (Å²) in [5.41, 5.74) is 6.03. The van der Waals surface area contributed by atoms with Gasteiger partial charge in [-0.25, -0.2) is 8.42 Å². The molecule has 1 aliphatic heterocycles. The summed E-state index contributed by atoms with van der Waals surface area (Å²) in [6.45, 7) is 0.866. The quantitative estimate of drug-likeness (QED) is 0.757. The molecule has 0 atom stereocenters. The third-order valence-electron chi connectivity index (χ3n) is 3.85. The van der Waals surface area contributed by atoms with Crippen LogP contribution < -0.4 is 10.5 Å². The van der Waals surface area contributed by atoms with Crippen molar-refractivity contribution in [2.45, 2.75) is 17.7 Å². The fourth-order valence-corrected chi connectivity index (χ4v) is 4.82. The van der Waals surface area contributed by atoms with Gasteiger partial charge in [0.1, 0.15) is 16.4 Å². The topological polar surface area (TPSA) is 92.9 Å². The molecule has 2 aromatic carbocycles. The van der Waals surface area contributed by atoms with Gasteiger partial charge in [-0.1, -0.05) is 23.2 Å². The van der Waals surface area contributed by atoms with Crippen molar-refractivity contribution in [3.05, 3.63) is 40.4 Å². The van der Waals surface area contributed by atoms with Crippen LogP contribution in [0, 0.1) is 0 Å². The van der Waals surface area contributed by atoms with Crippen molar-refractivity contribution in [1.82, 2.24) is 4.31 Å². The standard InChI is InChI=1S/C16H16Cl2N2O4S/c17-12-7-10(19)8-13(18)16(12)24-11-3-4-14(21)15(9-11)25(22,23)20-5-1-2-6-20/h3-4,7-9,21H,1-2,5-6,19H2. The second-order valence-corrected chi connectivity index (χ2v) is 8.38. The summed E-state index contributed by atoms with van der Waals surface area (Å²) in [6, 6.07) is 6.90. The number of halogens is 2. The third-order valence-corrected chi connectivity index (χ3v) is 6.34. The average molecular weight is 403 g/mol. The van der Waals surface area contributed by atoms with Gasteiger partial charge in [-0.05, 0) is 37.1 Å². The van der Waals surface area contributed by atoms with E-state index in [1.54, 1.807) is 0 Å². The fourth-order valence-electron chi connectivity index (χ4n) is 2.63. The SMILES string of the molecule is Nc1cc(Cl)c(Oc2ccc(O)c(S(=O)(=O)N3CCCC3)c2)c(Cl)c1. The summed E-state index contributed by atoms with van der Waals surface area (Å²) in [6.07, 6.45) is 1.60. The zero-order valence-electron chi connectivity index (χ0n) is 13.1. The minimum absolute atomic E-state index is 0.160. The number of nitrogens with zero attached hydrogens (tertiary/aromatic N) is 1. The first kappa shape index (κ1) is 18.1. The maximum atomic E-state index is 12.7. The van der Waals surface area contributed by atoms with Gasteiger partial charge in [-0.2, -0.15) is 4.31 Å². The monoisotopic (exact) mass is 402 g/mol. The van der Waals surface area contributed by atoms with Gasteiger partial charge in [0, 0.05) is 24.8 Å². The first-order valence-electron chi connectivity index (χ1n) is 7.54. The van der Waals surface area contributed by atoms with Crippen LogP contribution in [0.15, 0.2) is 35.2 Å². The Bertz CT molecular complexity index is 889. The summed E-state index contributed by atoms with van der Waals surface area (Å²) in [5, 5.41) is 10.4. The molecule has 9 heteroatoms. The largest absolute Gasteiger partial charge is 0.507 e. The molecule has 134 valence electrons. The molecule has 6 nitrogen and oxygen atoms in total. The third kappa shape index (κ3) is 3.64. The van der Waals surface area contributed by atoms with Crippen molar-refractivity contribution in [2.24, 2.45) is 0 Å². The van der Waals surface area contributed by atoms with Gasteiger partial charge in [0.15, 0.2) is 5.75 Å². The molecule has 0 aliphatic carbocycles. The van der Waals surface area contributed by atoms with Crippen LogP contribution in [0.1, 0.15) is 12.8 Å². The number of hydrogen-bond acceptors (Lipinski definition) is 5. The second-order valence-electron chi connectivity index (χ2n) is 5.66. The highest BCUT2D eigenvalue weighted by atomic mass is 35.5. The molecule has 0 saturated carbocycles. The smallest absolute Gasteiger partial charge is 0.246 e. The Balaban J connectivity index is 1.98. The minimum Gasteiger partial charge on any atom is -0.507 e. The summed E-state index contributed by atoms with van der Waals surface area (Å²) >= 11 is 12.2. The number of hydrogen-bond donors (Lipinski definition) is 2. The molecule has 25 heavy (non-hydrogen) atoms. The van der Waals surface area contributed by atoms with Crippen molar-refractivity contribution in [2.75, 3.05) is 18.8 Å². The van der Waals surface area contributed by atoms with E-state index in [1.807, 2.05) is 0 Å². The molecule has 0 unspecified atom stereocenters. The van der Waals surface area contributed by atoms with Gasteiger partial charge < -0.3 is 15.6 Å². The highest BCUT2D eigenvalue weighted by Gasteiger charge is 2.30. The number of sulfonamides is 1. The van der Waals surface area contributed by atoms with Gasteiger partial charge in [0.25, 0.3) is 0 Å². The van der Waals surface area contributed by atoms with Crippen LogP contribution in [-0.2, 0) is 10.0 Å². The number of benzene rings is 2. The van der Waals surface area contributed by atoms with Crippen molar-refractivity contribution < 1.29 is 18.3 Å². The normalized spacial score (nSPS) is 15.4. The number of anilines is 1. The Labute approximate surface area is 155 Å². The average Bonchev–Trinajstić information content (AvgIpc) is 3.07. The van der Waals surface area contributed by atoms with Gasteiger partial charge in [-0.15, -0.1) is 0 Å². The number of aromatic hydroxyl groups is 1. The van der Waals surface area contributed by atoms with E-state index in [0.717, 1.165) is 12.8 Å². The molecular weight excluding hydrogens is 387 g/mol. The zero-order chi connectivity index (χ0) is 18.2. The number of nitrogens with two attached hydrogens (primary N) is 1. The highest BCUT2D eigenvalue weighted by molar-refractivity contribution is 7.89. The van der Waals surface area contributed by atoms with E-state index < -0.39 is 10.0 Å². The highest BCUT2D eigenvalue weighted by Crippen LogP contribution is 2.40. The molecule has 0 aromatic heterocycles. The molecule has 0 radical (unpaired) electrons. The molecule has 0 spiro atoms. The molecule has 2 aromatic rings. The summed E-state index contributed by atoms with van der Waals surface area (Å²) in [5.74, 6) is 0.00522. The predicted molar refractivity (Wildman–Crippen MR) is 97.0 cm³/mol. The van der Waals surface area contributed by atoms with Crippen LogP contribution in [0.3, 0.4) is 0 Å². The predicted octanol–water partition coefficient (Wildman–Crippen LogP) is 3.86. The van der Waals surface area contributed by atoms with Crippen molar-refractivity contribution in [1.29, 1.82) is 0 Å². The van der Waals surface area contributed by atoms with Gasteiger partial charge in [-0.3, -0.25) is 0 Å². The Kier molecular flexibility index (Phi) is 5.02. The summed E-state index contributed by atoms with van der Waals surface area (Å²) < 4.78 is 32.3. The lowest BCUT2D eigenvalue weighted by Gasteiger charge is -2.17. The molecular formula is C16H16Cl2N2O4S. The number of phenols is 1. The molecule has 0 amide bonds. The fraction of sp³-hybridized carbons (Fsp3) is 0.250. The van der Waals surface area contributed by atoms with Gasteiger partial charge >= 0.3 is 0 Å². The lowest BCUT2D eigenvalue weighted by atomic mass is 10.3. The maximum Gasteiger partial charge on any atom is 0.246 e. The van der Waals surface area contributed by atoms with E-state index in [9.17, 15) is 13.5 Å². The van der Waals surface area contributed by atoms with Crippen molar-refractivity contribution in [3.8, 4) is 17.2 Å². The molecule has 1 aliphatic rings. The van der Waals surface area contributed by atoms with E-state index in [-0.39, 0.29) is 32.2 Å². The van der Waals surface area contributed by atoms with E-state index in [2.05, 4.69) is 0 Å². The Morgan fingerprint density at radius 1 is 1.08 bits per heavy atom. The Hall–Kier alpha value is -1.67. The van der Waals surface area contributed by atoms with Crippen LogP contribution in [-0.4, -0.2) is 30.9 Å². The molecule has 3 rings (SSSR count). The van der Waals surface area contributed by atoms with Crippen molar-refractivity contribution in [3.63, 3.8) is 0 Å². The van der Waals surface area contributed by atoms with Crippen LogP contribution in [0.4, 0.5) is 5.69 Å².